The maximum absolute atomic E-state index is 13.1. The number of hydrogen-bond acceptors (Lipinski definition) is 3. The lowest BCUT2D eigenvalue weighted by atomic mass is 10.1. The molecule has 1 fully saturated rings. The molecule has 28 heavy (non-hydrogen) atoms. The van der Waals surface area contributed by atoms with E-state index >= 15 is 0 Å². The summed E-state index contributed by atoms with van der Waals surface area (Å²) in [6, 6.07) is 19.2. The summed E-state index contributed by atoms with van der Waals surface area (Å²) in [6.07, 6.45) is 1.81. The van der Waals surface area contributed by atoms with Crippen LogP contribution in [-0.4, -0.2) is 47.9 Å². The van der Waals surface area contributed by atoms with Gasteiger partial charge in [-0.3, -0.25) is 9.59 Å². The third-order valence-electron chi connectivity index (χ3n) is 5.11. The fourth-order valence-electron chi connectivity index (χ4n) is 3.59. The summed E-state index contributed by atoms with van der Waals surface area (Å²) in [6.45, 7) is 2.64. The number of rotatable bonds is 4. The van der Waals surface area contributed by atoms with Crippen molar-refractivity contribution in [2.75, 3.05) is 31.1 Å². The molecular formula is C22H22N4O2. The van der Waals surface area contributed by atoms with Crippen molar-refractivity contribution in [2.45, 2.75) is 0 Å². The van der Waals surface area contributed by atoms with E-state index in [4.69, 9.17) is 5.73 Å². The Balaban J connectivity index is 1.46. The molecule has 6 nitrogen and oxygen atoms in total. The number of carbonyl (C=O) groups is 2. The second-order valence-corrected chi connectivity index (χ2v) is 6.83. The van der Waals surface area contributed by atoms with Gasteiger partial charge in [0, 0.05) is 49.2 Å². The summed E-state index contributed by atoms with van der Waals surface area (Å²) in [5.41, 5.74) is 9.39. The first-order valence-electron chi connectivity index (χ1n) is 9.30. The van der Waals surface area contributed by atoms with E-state index in [0.717, 1.165) is 16.8 Å². The van der Waals surface area contributed by atoms with Gasteiger partial charge in [0.25, 0.3) is 5.91 Å². The summed E-state index contributed by atoms with van der Waals surface area (Å²) in [5.74, 6) is -0.426. The molecule has 142 valence electrons. The van der Waals surface area contributed by atoms with Crippen molar-refractivity contribution in [1.82, 2.24) is 9.88 Å². The first kappa shape index (κ1) is 17.9. The van der Waals surface area contributed by atoms with Crippen molar-refractivity contribution in [3.63, 3.8) is 0 Å². The van der Waals surface area contributed by atoms with Gasteiger partial charge in [0.2, 0.25) is 5.91 Å². The van der Waals surface area contributed by atoms with Crippen molar-refractivity contribution in [1.29, 1.82) is 0 Å². The molecule has 0 aliphatic carbocycles. The number of aromatic amines is 1. The van der Waals surface area contributed by atoms with Crippen molar-refractivity contribution in [3.8, 4) is 11.1 Å². The zero-order valence-electron chi connectivity index (χ0n) is 15.5. The Hall–Kier alpha value is -3.54. The number of nitrogens with two attached hydrogens (primary N) is 1. The zero-order valence-corrected chi connectivity index (χ0v) is 15.5. The molecule has 4 rings (SSSR count). The van der Waals surface area contributed by atoms with Gasteiger partial charge < -0.3 is 20.5 Å². The van der Waals surface area contributed by atoms with Crippen LogP contribution in [0.3, 0.4) is 0 Å². The molecule has 0 saturated carbocycles. The number of amides is 2. The van der Waals surface area contributed by atoms with Crippen molar-refractivity contribution in [3.05, 3.63) is 78.1 Å². The lowest BCUT2D eigenvalue weighted by Crippen LogP contribution is -2.49. The number of H-pyrrole nitrogens is 1. The average Bonchev–Trinajstić information content (AvgIpc) is 3.24. The highest BCUT2D eigenvalue weighted by molar-refractivity contribution is 5.99. The minimum absolute atomic E-state index is 0.00869. The van der Waals surface area contributed by atoms with Crippen LogP contribution in [0.4, 0.5) is 5.69 Å². The minimum Gasteiger partial charge on any atom is -0.368 e. The number of anilines is 1. The molecule has 0 unspecified atom stereocenters. The lowest BCUT2D eigenvalue weighted by molar-refractivity contribution is 0.0742. The Morgan fingerprint density at radius 1 is 0.893 bits per heavy atom. The SMILES string of the molecule is NC(=O)c1cccc(N2CCN(C(=O)c3[nH]ccc3-c3ccccc3)CC2)c1. The molecular weight excluding hydrogens is 352 g/mol. The lowest BCUT2D eigenvalue weighted by Gasteiger charge is -2.36. The van der Waals surface area contributed by atoms with E-state index in [9.17, 15) is 9.59 Å². The molecule has 6 heteroatoms. The molecule has 2 heterocycles. The van der Waals surface area contributed by atoms with E-state index in [1.54, 1.807) is 18.3 Å². The normalized spacial score (nSPS) is 14.1. The first-order valence-corrected chi connectivity index (χ1v) is 9.30. The summed E-state index contributed by atoms with van der Waals surface area (Å²) in [4.78, 5) is 31.6. The zero-order chi connectivity index (χ0) is 19.5. The average molecular weight is 374 g/mol. The van der Waals surface area contributed by atoms with E-state index in [2.05, 4.69) is 9.88 Å². The monoisotopic (exact) mass is 374 g/mol. The predicted octanol–water partition coefficient (Wildman–Crippen LogP) is 2.74. The van der Waals surface area contributed by atoms with Gasteiger partial charge in [-0.15, -0.1) is 0 Å². The quantitative estimate of drug-likeness (QED) is 0.737. The Labute approximate surface area is 163 Å². The van der Waals surface area contributed by atoms with Crippen LogP contribution in [0.2, 0.25) is 0 Å². The standard InChI is InChI=1S/C22H22N4O2/c23-21(27)17-7-4-8-18(15-17)25-11-13-26(14-12-25)22(28)20-19(9-10-24-20)16-5-2-1-3-6-16/h1-10,15,24H,11-14H2,(H2,23,27). The van der Waals surface area contributed by atoms with E-state index in [0.29, 0.717) is 37.4 Å². The molecule has 2 amide bonds. The van der Waals surface area contributed by atoms with Crippen LogP contribution in [0.15, 0.2) is 66.9 Å². The maximum Gasteiger partial charge on any atom is 0.271 e. The van der Waals surface area contributed by atoms with Crippen LogP contribution in [0.25, 0.3) is 11.1 Å². The van der Waals surface area contributed by atoms with E-state index in [1.165, 1.54) is 0 Å². The molecule has 0 bridgehead atoms. The molecule has 1 aliphatic rings. The summed E-state index contributed by atoms with van der Waals surface area (Å²) < 4.78 is 0. The van der Waals surface area contributed by atoms with Crippen LogP contribution in [-0.2, 0) is 0 Å². The number of piperazine rings is 1. The van der Waals surface area contributed by atoms with Crippen molar-refractivity contribution >= 4 is 17.5 Å². The van der Waals surface area contributed by atoms with E-state index < -0.39 is 5.91 Å². The number of primary amides is 1. The Kier molecular flexibility index (Phi) is 4.85. The number of nitrogens with one attached hydrogen (secondary N) is 1. The summed E-state index contributed by atoms with van der Waals surface area (Å²) >= 11 is 0. The van der Waals surface area contributed by atoms with Crippen LogP contribution in [0.1, 0.15) is 20.8 Å². The van der Waals surface area contributed by atoms with Gasteiger partial charge in [-0.05, 0) is 29.8 Å². The minimum atomic E-state index is -0.434. The molecule has 3 N–H and O–H groups in total. The number of aromatic nitrogens is 1. The van der Waals surface area contributed by atoms with Crippen LogP contribution < -0.4 is 10.6 Å². The highest BCUT2D eigenvalue weighted by atomic mass is 16.2. The second kappa shape index (κ2) is 7.60. The van der Waals surface area contributed by atoms with Gasteiger partial charge in [-0.25, -0.2) is 0 Å². The molecule has 1 aliphatic heterocycles. The molecule has 2 aromatic carbocycles. The number of nitrogens with zero attached hydrogens (tertiary/aromatic N) is 2. The van der Waals surface area contributed by atoms with Gasteiger partial charge in [0.1, 0.15) is 5.69 Å². The number of carbonyl (C=O) groups excluding carboxylic acids is 2. The third kappa shape index (κ3) is 3.49. The van der Waals surface area contributed by atoms with Gasteiger partial charge in [-0.1, -0.05) is 36.4 Å². The van der Waals surface area contributed by atoms with Crippen LogP contribution >= 0.6 is 0 Å². The molecule has 0 spiro atoms. The number of benzene rings is 2. The van der Waals surface area contributed by atoms with E-state index in [-0.39, 0.29) is 5.91 Å². The fraction of sp³-hybridized carbons (Fsp3) is 0.182. The summed E-state index contributed by atoms with van der Waals surface area (Å²) in [5, 5.41) is 0. The largest absolute Gasteiger partial charge is 0.368 e. The highest BCUT2D eigenvalue weighted by Crippen LogP contribution is 2.25. The van der Waals surface area contributed by atoms with Gasteiger partial charge in [0.05, 0.1) is 0 Å². The smallest absolute Gasteiger partial charge is 0.271 e. The van der Waals surface area contributed by atoms with Gasteiger partial charge in [-0.2, -0.15) is 0 Å². The van der Waals surface area contributed by atoms with E-state index in [1.807, 2.05) is 53.4 Å². The molecule has 3 aromatic rings. The fourth-order valence-corrected chi connectivity index (χ4v) is 3.59. The predicted molar refractivity (Wildman–Crippen MR) is 109 cm³/mol. The van der Waals surface area contributed by atoms with Crippen molar-refractivity contribution < 1.29 is 9.59 Å². The first-order chi connectivity index (χ1) is 13.6. The molecule has 1 saturated heterocycles. The van der Waals surface area contributed by atoms with Gasteiger partial charge in [0.15, 0.2) is 0 Å². The maximum atomic E-state index is 13.1. The number of hydrogen-bond donors (Lipinski definition) is 2. The van der Waals surface area contributed by atoms with Crippen LogP contribution in [0.5, 0.6) is 0 Å². The Bertz CT molecular complexity index is 989. The van der Waals surface area contributed by atoms with Crippen LogP contribution in [0, 0.1) is 0 Å². The third-order valence-corrected chi connectivity index (χ3v) is 5.11. The highest BCUT2D eigenvalue weighted by Gasteiger charge is 2.25. The topological polar surface area (TPSA) is 82.4 Å². The molecule has 0 atom stereocenters. The Morgan fingerprint density at radius 3 is 2.36 bits per heavy atom. The second-order valence-electron chi connectivity index (χ2n) is 6.83. The Morgan fingerprint density at radius 2 is 1.64 bits per heavy atom. The van der Waals surface area contributed by atoms with Crippen molar-refractivity contribution in [2.24, 2.45) is 5.73 Å². The summed E-state index contributed by atoms with van der Waals surface area (Å²) in [7, 11) is 0. The molecule has 1 aromatic heterocycles. The van der Waals surface area contributed by atoms with Gasteiger partial charge >= 0.3 is 0 Å². The molecule has 0 radical (unpaired) electrons.